The molecule has 1 heterocycles. The van der Waals surface area contributed by atoms with Crippen LogP contribution < -0.4 is 10.6 Å². The van der Waals surface area contributed by atoms with Crippen LogP contribution >= 0.6 is 0 Å². The number of H-pyrrole nitrogens is 1. The van der Waals surface area contributed by atoms with Crippen molar-refractivity contribution in [3.05, 3.63) is 36.2 Å². The maximum atomic E-state index is 11.9. The van der Waals surface area contributed by atoms with Crippen molar-refractivity contribution < 1.29 is 4.79 Å². The second-order valence-electron chi connectivity index (χ2n) is 5.69. The van der Waals surface area contributed by atoms with E-state index >= 15 is 0 Å². The molecule has 1 aromatic heterocycles. The molecular weight excluding hydrogens is 278 g/mol. The summed E-state index contributed by atoms with van der Waals surface area (Å²) in [5.74, 6) is 1.07. The summed E-state index contributed by atoms with van der Waals surface area (Å²) in [4.78, 5) is 15.8. The molecule has 0 atom stereocenters. The maximum Gasteiger partial charge on any atom is 0.243 e. The third kappa shape index (κ3) is 3.84. The Kier molecular flexibility index (Phi) is 4.68. The Morgan fingerprint density at radius 1 is 1.18 bits per heavy atom. The quantitative estimate of drug-likeness (QED) is 0.792. The Bertz CT molecular complexity index is 588. The minimum atomic E-state index is -0.109. The Labute approximate surface area is 129 Å². The number of aromatic nitrogens is 3. The van der Waals surface area contributed by atoms with Gasteiger partial charge in [0.15, 0.2) is 0 Å². The highest BCUT2D eigenvalue weighted by Crippen LogP contribution is 2.32. The summed E-state index contributed by atoms with van der Waals surface area (Å²) in [7, 11) is 0. The van der Waals surface area contributed by atoms with E-state index in [2.05, 4.69) is 37.9 Å². The first-order chi connectivity index (χ1) is 10.8. The minimum absolute atomic E-state index is 0.109. The number of aromatic amines is 1. The number of amides is 1. The summed E-state index contributed by atoms with van der Waals surface area (Å²) < 4.78 is 0. The lowest BCUT2D eigenvalue weighted by Gasteiger charge is -2.22. The first-order valence-corrected chi connectivity index (χ1v) is 7.80. The molecule has 0 spiro atoms. The second kappa shape index (κ2) is 7.06. The van der Waals surface area contributed by atoms with Crippen LogP contribution in [-0.4, -0.2) is 27.6 Å². The molecule has 22 heavy (non-hydrogen) atoms. The number of hydrogen-bond acceptors (Lipinski definition) is 4. The molecule has 6 heteroatoms. The second-order valence-corrected chi connectivity index (χ2v) is 5.69. The van der Waals surface area contributed by atoms with Gasteiger partial charge in [-0.15, -0.1) is 0 Å². The van der Waals surface area contributed by atoms with Crippen LogP contribution in [0.25, 0.3) is 0 Å². The number of nitrogens with zero attached hydrogens (tertiary/aromatic N) is 2. The van der Waals surface area contributed by atoms with Gasteiger partial charge >= 0.3 is 0 Å². The number of anilines is 2. The Morgan fingerprint density at radius 2 is 1.95 bits per heavy atom. The average molecular weight is 299 g/mol. The van der Waals surface area contributed by atoms with Crippen LogP contribution in [0.15, 0.2) is 30.6 Å². The predicted octanol–water partition coefficient (Wildman–Crippen LogP) is 2.90. The van der Waals surface area contributed by atoms with Crippen LogP contribution in [0.3, 0.4) is 0 Å². The van der Waals surface area contributed by atoms with Crippen molar-refractivity contribution in [2.45, 2.75) is 38.0 Å². The molecule has 3 rings (SSSR count). The first kappa shape index (κ1) is 14.6. The van der Waals surface area contributed by atoms with Crippen LogP contribution in [0.4, 0.5) is 11.6 Å². The zero-order valence-electron chi connectivity index (χ0n) is 12.5. The molecule has 0 unspecified atom stereocenters. The lowest BCUT2D eigenvalue weighted by Crippen LogP contribution is -2.22. The van der Waals surface area contributed by atoms with Crippen molar-refractivity contribution in [3.63, 3.8) is 0 Å². The number of nitrogens with one attached hydrogen (secondary N) is 3. The zero-order chi connectivity index (χ0) is 15.2. The van der Waals surface area contributed by atoms with Gasteiger partial charge in [0.2, 0.25) is 11.9 Å². The number of benzene rings is 1. The normalized spacial score (nSPS) is 15.5. The Hall–Kier alpha value is -2.37. The van der Waals surface area contributed by atoms with Gasteiger partial charge in [-0.2, -0.15) is 5.10 Å². The highest BCUT2D eigenvalue weighted by atomic mass is 16.1. The van der Waals surface area contributed by atoms with E-state index in [1.54, 1.807) is 0 Å². The van der Waals surface area contributed by atoms with Gasteiger partial charge in [0.05, 0.1) is 6.54 Å². The van der Waals surface area contributed by atoms with Crippen LogP contribution in [0.5, 0.6) is 0 Å². The van der Waals surface area contributed by atoms with E-state index in [0.29, 0.717) is 11.9 Å². The fraction of sp³-hybridized carbons (Fsp3) is 0.438. The van der Waals surface area contributed by atoms with E-state index in [4.69, 9.17) is 0 Å². The molecule has 0 bridgehead atoms. The molecule has 1 aliphatic carbocycles. The molecule has 0 aliphatic heterocycles. The third-order valence-corrected chi connectivity index (χ3v) is 4.10. The van der Waals surface area contributed by atoms with Crippen molar-refractivity contribution in [1.29, 1.82) is 0 Å². The molecule has 1 aliphatic rings. The van der Waals surface area contributed by atoms with E-state index in [1.807, 2.05) is 12.1 Å². The van der Waals surface area contributed by atoms with Crippen LogP contribution in [-0.2, 0) is 4.79 Å². The number of carbonyl (C=O) groups is 1. The van der Waals surface area contributed by atoms with Crippen LogP contribution in [0.2, 0.25) is 0 Å². The molecule has 116 valence electrons. The summed E-state index contributed by atoms with van der Waals surface area (Å²) in [6.07, 6.45) is 7.99. The van der Waals surface area contributed by atoms with Gasteiger partial charge in [-0.25, -0.2) is 10.1 Å². The van der Waals surface area contributed by atoms with Gasteiger partial charge < -0.3 is 10.6 Å². The van der Waals surface area contributed by atoms with Gasteiger partial charge in [-0.1, -0.05) is 31.4 Å². The summed E-state index contributed by atoms with van der Waals surface area (Å²) in [6.45, 7) is 0.152. The first-order valence-electron chi connectivity index (χ1n) is 7.80. The molecule has 1 saturated carbocycles. The standard InChI is InChI=1S/C16H21N5O/c22-15(10-17-16-18-11-19-21-16)20-14-8-6-13(7-9-14)12-4-2-1-3-5-12/h6-9,11-12H,1-5,10H2,(H,20,22)(H2,17,18,19,21). The lowest BCUT2D eigenvalue weighted by molar-refractivity contribution is -0.114. The number of carbonyl (C=O) groups excluding carboxylic acids is 1. The van der Waals surface area contributed by atoms with Crippen molar-refractivity contribution in [2.24, 2.45) is 0 Å². The molecule has 6 nitrogen and oxygen atoms in total. The molecule has 1 fully saturated rings. The molecule has 3 N–H and O–H groups in total. The van der Waals surface area contributed by atoms with Crippen LogP contribution in [0, 0.1) is 0 Å². The maximum absolute atomic E-state index is 11.9. The highest BCUT2D eigenvalue weighted by Gasteiger charge is 2.15. The topological polar surface area (TPSA) is 82.7 Å². The molecule has 2 aromatic rings. The molecule has 1 aromatic carbocycles. The number of rotatable bonds is 5. The van der Waals surface area contributed by atoms with E-state index in [9.17, 15) is 4.79 Å². The zero-order valence-corrected chi connectivity index (χ0v) is 12.5. The highest BCUT2D eigenvalue weighted by molar-refractivity contribution is 5.93. The third-order valence-electron chi connectivity index (χ3n) is 4.10. The molecular formula is C16H21N5O. The largest absolute Gasteiger partial charge is 0.346 e. The summed E-state index contributed by atoms with van der Waals surface area (Å²) in [5, 5.41) is 12.1. The van der Waals surface area contributed by atoms with Crippen molar-refractivity contribution in [1.82, 2.24) is 15.2 Å². The van der Waals surface area contributed by atoms with Gasteiger partial charge in [0.1, 0.15) is 6.33 Å². The Morgan fingerprint density at radius 3 is 2.64 bits per heavy atom. The van der Waals surface area contributed by atoms with Gasteiger partial charge in [-0.3, -0.25) is 4.79 Å². The van der Waals surface area contributed by atoms with Crippen molar-refractivity contribution >= 4 is 17.5 Å². The Balaban J connectivity index is 1.50. The fourth-order valence-corrected chi connectivity index (χ4v) is 2.93. The average Bonchev–Trinajstić information content (AvgIpc) is 3.08. The van der Waals surface area contributed by atoms with Crippen molar-refractivity contribution in [3.8, 4) is 0 Å². The predicted molar refractivity (Wildman–Crippen MR) is 85.8 cm³/mol. The minimum Gasteiger partial charge on any atom is -0.346 e. The van der Waals surface area contributed by atoms with E-state index in [0.717, 1.165) is 5.69 Å². The number of hydrogen-bond donors (Lipinski definition) is 3. The molecule has 0 saturated heterocycles. The molecule has 0 radical (unpaired) electrons. The lowest BCUT2D eigenvalue weighted by atomic mass is 9.84. The van der Waals surface area contributed by atoms with Gasteiger partial charge in [0.25, 0.3) is 0 Å². The summed E-state index contributed by atoms with van der Waals surface area (Å²) in [6, 6.07) is 8.23. The SMILES string of the molecule is O=C(CNc1ncn[nH]1)Nc1ccc(C2CCCCC2)cc1. The van der Waals surface area contributed by atoms with Gasteiger partial charge in [-0.05, 0) is 36.5 Å². The monoisotopic (exact) mass is 299 g/mol. The summed E-state index contributed by atoms with van der Waals surface area (Å²) in [5.41, 5.74) is 2.21. The van der Waals surface area contributed by atoms with Gasteiger partial charge in [0, 0.05) is 5.69 Å². The molecule has 1 amide bonds. The summed E-state index contributed by atoms with van der Waals surface area (Å²) >= 11 is 0. The van der Waals surface area contributed by atoms with E-state index in [1.165, 1.54) is 44.0 Å². The van der Waals surface area contributed by atoms with Crippen molar-refractivity contribution in [2.75, 3.05) is 17.2 Å². The smallest absolute Gasteiger partial charge is 0.243 e. The van der Waals surface area contributed by atoms with E-state index in [-0.39, 0.29) is 12.5 Å². The fourth-order valence-electron chi connectivity index (χ4n) is 2.93. The van der Waals surface area contributed by atoms with Crippen LogP contribution in [0.1, 0.15) is 43.6 Å². The van der Waals surface area contributed by atoms with E-state index < -0.39 is 0 Å².